The molecule has 0 heterocycles. The summed E-state index contributed by atoms with van der Waals surface area (Å²) in [5.41, 5.74) is 1.41. The maximum atomic E-state index is 11.8. The predicted molar refractivity (Wildman–Crippen MR) is 90.5 cm³/mol. The van der Waals surface area contributed by atoms with Crippen LogP contribution in [0.25, 0.3) is 11.1 Å². The molecule has 0 bridgehead atoms. The highest BCUT2D eigenvalue weighted by molar-refractivity contribution is 5.99. The van der Waals surface area contributed by atoms with Crippen molar-refractivity contribution in [3.8, 4) is 22.6 Å². The SMILES string of the molecule is C=C(C)C(=O)Oc1ccc(-c2ccccc2)c(OCC)c1C(=O)O. The van der Waals surface area contributed by atoms with E-state index in [1.807, 2.05) is 30.3 Å². The van der Waals surface area contributed by atoms with Crippen LogP contribution in [0.2, 0.25) is 0 Å². The zero-order valence-corrected chi connectivity index (χ0v) is 13.5. The number of carbonyl (C=O) groups excluding carboxylic acids is 1. The van der Waals surface area contributed by atoms with E-state index in [-0.39, 0.29) is 29.2 Å². The van der Waals surface area contributed by atoms with Crippen molar-refractivity contribution in [2.75, 3.05) is 6.61 Å². The molecular formula is C19H18O5. The van der Waals surface area contributed by atoms with Crippen LogP contribution in [0, 0.1) is 0 Å². The highest BCUT2D eigenvalue weighted by Crippen LogP contribution is 2.38. The number of benzene rings is 2. The molecule has 0 aliphatic carbocycles. The summed E-state index contributed by atoms with van der Waals surface area (Å²) in [6.45, 7) is 7.02. The first-order valence-corrected chi connectivity index (χ1v) is 7.41. The van der Waals surface area contributed by atoms with Crippen molar-refractivity contribution in [3.05, 3.63) is 60.2 Å². The average Bonchev–Trinajstić information content (AvgIpc) is 2.55. The lowest BCUT2D eigenvalue weighted by atomic mass is 10.0. The summed E-state index contributed by atoms with van der Waals surface area (Å²) < 4.78 is 10.7. The number of carboxylic acid groups (broad SMARTS) is 1. The third kappa shape index (κ3) is 3.63. The van der Waals surface area contributed by atoms with Crippen LogP contribution in [-0.4, -0.2) is 23.7 Å². The molecule has 0 aromatic heterocycles. The van der Waals surface area contributed by atoms with E-state index in [1.165, 1.54) is 13.0 Å². The van der Waals surface area contributed by atoms with E-state index in [9.17, 15) is 14.7 Å². The Bertz CT molecular complexity index is 778. The molecule has 0 fully saturated rings. The first-order chi connectivity index (χ1) is 11.5. The molecule has 0 atom stereocenters. The summed E-state index contributed by atoms with van der Waals surface area (Å²) in [4.78, 5) is 23.5. The Morgan fingerprint density at radius 1 is 1.12 bits per heavy atom. The molecule has 0 spiro atoms. The third-order valence-electron chi connectivity index (χ3n) is 3.26. The van der Waals surface area contributed by atoms with Crippen molar-refractivity contribution in [1.82, 2.24) is 0 Å². The van der Waals surface area contributed by atoms with E-state index < -0.39 is 11.9 Å². The van der Waals surface area contributed by atoms with Gasteiger partial charge in [-0.25, -0.2) is 9.59 Å². The summed E-state index contributed by atoms with van der Waals surface area (Å²) in [6, 6.07) is 12.4. The Morgan fingerprint density at radius 3 is 2.33 bits per heavy atom. The fourth-order valence-corrected chi connectivity index (χ4v) is 2.18. The van der Waals surface area contributed by atoms with Gasteiger partial charge in [0.05, 0.1) is 6.61 Å². The number of carboxylic acids is 1. The van der Waals surface area contributed by atoms with Crippen molar-refractivity contribution >= 4 is 11.9 Å². The summed E-state index contributed by atoms with van der Waals surface area (Å²) in [5.74, 6) is -1.82. The standard InChI is InChI=1S/C19H18O5/c1-4-23-17-14(13-8-6-5-7-9-13)10-11-15(16(17)18(20)21)24-19(22)12(2)3/h5-11H,2,4H2,1,3H3,(H,20,21). The summed E-state index contributed by atoms with van der Waals surface area (Å²) in [5, 5.41) is 9.60. The van der Waals surface area contributed by atoms with Gasteiger partial charge in [-0.15, -0.1) is 0 Å². The zero-order valence-electron chi connectivity index (χ0n) is 13.5. The van der Waals surface area contributed by atoms with Gasteiger partial charge in [0.2, 0.25) is 0 Å². The van der Waals surface area contributed by atoms with Crippen LogP contribution >= 0.6 is 0 Å². The van der Waals surface area contributed by atoms with Crippen LogP contribution in [0.4, 0.5) is 0 Å². The molecule has 2 rings (SSSR count). The largest absolute Gasteiger partial charge is 0.492 e. The number of rotatable bonds is 6. The molecule has 124 valence electrons. The average molecular weight is 326 g/mol. The molecular weight excluding hydrogens is 308 g/mol. The van der Waals surface area contributed by atoms with Crippen LogP contribution in [0.3, 0.4) is 0 Å². The number of carbonyl (C=O) groups is 2. The number of hydrogen-bond donors (Lipinski definition) is 1. The number of hydrogen-bond acceptors (Lipinski definition) is 4. The highest BCUT2D eigenvalue weighted by Gasteiger charge is 2.24. The molecule has 0 aliphatic rings. The molecule has 5 nitrogen and oxygen atoms in total. The van der Waals surface area contributed by atoms with Crippen molar-refractivity contribution in [2.45, 2.75) is 13.8 Å². The molecule has 1 N–H and O–H groups in total. The summed E-state index contributed by atoms with van der Waals surface area (Å²) >= 11 is 0. The molecule has 0 unspecified atom stereocenters. The number of esters is 1. The maximum absolute atomic E-state index is 11.8. The third-order valence-corrected chi connectivity index (χ3v) is 3.26. The smallest absolute Gasteiger partial charge is 0.343 e. The van der Waals surface area contributed by atoms with E-state index in [0.29, 0.717) is 5.56 Å². The Balaban J connectivity index is 2.64. The Morgan fingerprint density at radius 2 is 1.79 bits per heavy atom. The molecule has 0 aliphatic heterocycles. The van der Waals surface area contributed by atoms with Crippen molar-refractivity contribution < 1.29 is 24.2 Å². The van der Waals surface area contributed by atoms with Gasteiger partial charge in [-0.2, -0.15) is 0 Å². The minimum atomic E-state index is -1.24. The molecule has 0 radical (unpaired) electrons. The lowest BCUT2D eigenvalue weighted by Gasteiger charge is -2.16. The van der Waals surface area contributed by atoms with Gasteiger partial charge in [-0.1, -0.05) is 36.9 Å². The normalized spacial score (nSPS) is 10.1. The van der Waals surface area contributed by atoms with Gasteiger partial charge in [-0.3, -0.25) is 0 Å². The van der Waals surface area contributed by atoms with Crippen molar-refractivity contribution in [2.24, 2.45) is 0 Å². The summed E-state index contributed by atoms with van der Waals surface area (Å²) in [7, 11) is 0. The second kappa shape index (κ2) is 7.46. The summed E-state index contributed by atoms with van der Waals surface area (Å²) in [6.07, 6.45) is 0. The van der Waals surface area contributed by atoms with Gasteiger partial charge in [-0.05, 0) is 31.5 Å². The fourth-order valence-electron chi connectivity index (χ4n) is 2.18. The minimum Gasteiger partial charge on any atom is -0.492 e. The first-order valence-electron chi connectivity index (χ1n) is 7.41. The van der Waals surface area contributed by atoms with Crippen LogP contribution in [0.15, 0.2) is 54.6 Å². The van der Waals surface area contributed by atoms with E-state index >= 15 is 0 Å². The maximum Gasteiger partial charge on any atom is 0.343 e. The second-order valence-electron chi connectivity index (χ2n) is 5.09. The van der Waals surface area contributed by atoms with Crippen molar-refractivity contribution in [3.63, 3.8) is 0 Å². The zero-order chi connectivity index (χ0) is 17.7. The van der Waals surface area contributed by atoms with E-state index in [0.717, 1.165) is 5.56 Å². The van der Waals surface area contributed by atoms with Crippen LogP contribution in [0.5, 0.6) is 11.5 Å². The molecule has 2 aromatic carbocycles. The fraction of sp³-hybridized carbons (Fsp3) is 0.158. The minimum absolute atomic E-state index is 0.0707. The molecule has 0 saturated carbocycles. The Kier molecular flexibility index (Phi) is 5.37. The monoisotopic (exact) mass is 326 g/mol. The van der Waals surface area contributed by atoms with Crippen LogP contribution in [0.1, 0.15) is 24.2 Å². The lowest BCUT2D eigenvalue weighted by Crippen LogP contribution is -2.13. The lowest BCUT2D eigenvalue weighted by molar-refractivity contribution is -0.130. The molecule has 0 saturated heterocycles. The topological polar surface area (TPSA) is 72.8 Å². The van der Waals surface area contributed by atoms with Gasteiger partial charge in [0.25, 0.3) is 0 Å². The van der Waals surface area contributed by atoms with Gasteiger partial charge >= 0.3 is 11.9 Å². The molecule has 2 aromatic rings. The van der Waals surface area contributed by atoms with E-state index in [4.69, 9.17) is 9.47 Å². The number of aromatic carboxylic acids is 1. The van der Waals surface area contributed by atoms with Gasteiger partial charge in [0.1, 0.15) is 17.1 Å². The van der Waals surface area contributed by atoms with Gasteiger partial charge < -0.3 is 14.6 Å². The molecule has 5 heteroatoms. The highest BCUT2D eigenvalue weighted by atomic mass is 16.5. The van der Waals surface area contributed by atoms with Gasteiger partial charge in [0, 0.05) is 11.1 Å². The predicted octanol–water partition coefficient (Wildman–Crippen LogP) is 3.93. The molecule has 24 heavy (non-hydrogen) atoms. The van der Waals surface area contributed by atoms with Gasteiger partial charge in [0.15, 0.2) is 0 Å². The Hall–Kier alpha value is -3.08. The quantitative estimate of drug-likeness (QED) is 0.494. The van der Waals surface area contributed by atoms with Crippen LogP contribution in [-0.2, 0) is 4.79 Å². The molecule has 0 amide bonds. The van der Waals surface area contributed by atoms with E-state index in [1.54, 1.807) is 13.0 Å². The second-order valence-corrected chi connectivity index (χ2v) is 5.09. The van der Waals surface area contributed by atoms with Crippen molar-refractivity contribution in [1.29, 1.82) is 0 Å². The Labute approximate surface area is 140 Å². The first kappa shape index (κ1) is 17.3. The van der Waals surface area contributed by atoms with Crippen LogP contribution < -0.4 is 9.47 Å². The van der Waals surface area contributed by atoms with E-state index in [2.05, 4.69) is 6.58 Å². The number of ether oxygens (including phenoxy) is 2.